The summed E-state index contributed by atoms with van der Waals surface area (Å²) in [6.07, 6.45) is 3.44. The number of nitrogens with zero attached hydrogens (tertiary/aromatic N) is 2. The molecule has 0 radical (unpaired) electrons. The molecule has 0 bridgehead atoms. The molecular formula is C26H28N2O6. The highest BCUT2D eigenvalue weighted by Gasteiger charge is 2.23. The first kappa shape index (κ1) is 23.4. The summed E-state index contributed by atoms with van der Waals surface area (Å²) < 4.78 is 22.7. The number of benzene rings is 2. The predicted molar refractivity (Wildman–Crippen MR) is 126 cm³/mol. The third-order valence-corrected chi connectivity index (χ3v) is 5.90. The molecule has 0 aliphatic carbocycles. The van der Waals surface area contributed by atoms with Gasteiger partial charge in [-0.25, -0.2) is 0 Å². The third-order valence-electron chi connectivity index (χ3n) is 5.90. The Hall–Kier alpha value is -3.81. The van der Waals surface area contributed by atoms with Gasteiger partial charge < -0.3 is 23.8 Å². The molecular weight excluding hydrogens is 436 g/mol. The first-order chi connectivity index (χ1) is 16.5. The van der Waals surface area contributed by atoms with E-state index in [1.54, 1.807) is 26.3 Å². The van der Waals surface area contributed by atoms with Crippen LogP contribution in [0.4, 0.5) is 0 Å². The highest BCUT2D eigenvalue weighted by Crippen LogP contribution is 2.38. The van der Waals surface area contributed by atoms with Crippen LogP contribution in [0.5, 0.6) is 23.0 Å². The molecule has 1 aromatic heterocycles. The number of amides is 1. The van der Waals surface area contributed by atoms with Gasteiger partial charge in [-0.2, -0.15) is 0 Å². The average molecular weight is 465 g/mol. The van der Waals surface area contributed by atoms with Gasteiger partial charge in [0.05, 0.1) is 26.2 Å². The molecule has 0 atom stereocenters. The minimum absolute atomic E-state index is 0.00453. The maximum absolute atomic E-state index is 11.6. The van der Waals surface area contributed by atoms with Crippen LogP contribution in [0.3, 0.4) is 0 Å². The van der Waals surface area contributed by atoms with Crippen LogP contribution < -0.4 is 14.2 Å². The zero-order valence-electron chi connectivity index (χ0n) is 19.6. The van der Waals surface area contributed by atoms with Crippen LogP contribution in [0, 0.1) is 0 Å². The van der Waals surface area contributed by atoms with Crippen LogP contribution in [0.15, 0.2) is 48.7 Å². The smallest absolute Gasteiger partial charge is 0.309 e. The van der Waals surface area contributed by atoms with Crippen LogP contribution >= 0.6 is 0 Å². The largest absolute Gasteiger partial charge is 0.493 e. The van der Waals surface area contributed by atoms with Crippen LogP contribution in [-0.2, 0) is 20.7 Å². The Morgan fingerprint density at radius 1 is 1.00 bits per heavy atom. The number of likely N-dealkylation sites (tertiary alicyclic amines) is 1. The molecule has 1 aliphatic rings. The normalized spacial score (nSPS) is 14.0. The number of esters is 1. The molecule has 0 saturated carbocycles. The van der Waals surface area contributed by atoms with E-state index in [0.29, 0.717) is 36.1 Å². The molecule has 1 aliphatic heterocycles. The Kier molecular flexibility index (Phi) is 7.15. The summed E-state index contributed by atoms with van der Waals surface area (Å²) >= 11 is 0. The number of rotatable bonds is 7. The summed E-state index contributed by atoms with van der Waals surface area (Å²) in [5.74, 6) is 2.28. The van der Waals surface area contributed by atoms with Crippen molar-refractivity contribution in [3.8, 4) is 23.0 Å². The number of piperidine rings is 1. The van der Waals surface area contributed by atoms with E-state index in [1.165, 1.54) is 7.11 Å². The molecule has 178 valence electrons. The van der Waals surface area contributed by atoms with E-state index >= 15 is 0 Å². The first-order valence-corrected chi connectivity index (χ1v) is 11.2. The van der Waals surface area contributed by atoms with Gasteiger partial charge >= 0.3 is 5.97 Å². The van der Waals surface area contributed by atoms with Crippen molar-refractivity contribution in [1.29, 1.82) is 0 Å². The summed E-state index contributed by atoms with van der Waals surface area (Å²) in [7, 11) is 2.97. The number of carbonyl (C=O) groups is 2. The van der Waals surface area contributed by atoms with Gasteiger partial charge in [0.1, 0.15) is 17.6 Å². The second-order valence-electron chi connectivity index (χ2n) is 8.15. The second kappa shape index (κ2) is 10.4. The van der Waals surface area contributed by atoms with Gasteiger partial charge in [-0.05, 0) is 29.8 Å². The number of hydrogen-bond donors (Lipinski definition) is 0. The lowest BCUT2D eigenvalue weighted by Gasteiger charge is -2.31. The summed E-state index contributed by atoms with van der Waals surface area (Å²) in [6, 6.07) is 12.8. The topological polar surface area (TPSA) is 87.2 Å². The number of ether oxygens (including phenoxy) is 4. The van der Waals surface area contributed by atoms with E-state index in [4.69, 9.17) is 18.9 Å². The molecule has 34 heavy (non-hydrogen) atoms. The van der Waals surface area contributed by atoms with Crippen LogP contribution in [0.2, 0.25) is 0 Å². The Morgan fingerprint density at radius 2 is 1.74 bits per heavy atom. The third kappa shape index (κ3) is 5.39. The molecule has 0 unspecified atom stereocenters. The Morgan fingerprint density at radius 3 is 2.38 bits per heavy atom. The van der Waals surface area contributed by atoms with Crippen molar-refractivity contribution in [2.24, 2.45) is 0 Å². The quantitative estimate of drug-likeness (QED) is 0.486. The van der Waals surface area contributed by atoms with E-state index in [1.807, 2.05) is 41.3 Å². The molecule has 1 saturated heterocycles. The number of carbonyl (C=O) groups excluding carboxylic acids is 2. The Labute approximate surface area is 198 Å². The van der Waals surface area contributed by atoms with E-state index in [9.17, 15) is 9.59 Å². The van der Waals surface area contributed by atoms with Gasteiger partial charge in [0.15, 0.2) is 11.5 Å². The summed E-state index contributed by atoms with van der Waals surface area (Å²) in [5, 5.41) is 0.789. The highest BCUT2D eigenvalue weighted by molar-refractivity contribution is 5.88. The fraction of sp³-hybridized carbons (Fsp3) is 0.346. The molecule has 8 heteroatoms. The summed E-state index contributed by atoms with van der Waals surface area (Å²) in [6.45, 7) is 2.96. The second-order valence-corrected chi connectivity index (χ2v) is 8.15. The maximum atomic E-state index is 11.6. The van der Waals surface area contributed by atoms with Crippen LogP contribution in [0.25, 0.3) is 10.9 Å². The van der Waals surface area contributed by atoms with Crippen molar-refractivity contribution in [2.75, 3.05) is 27.3 Å². The molecule has 2 heterocycles. The maximum Gasteiger partial charge on any atom is 0.309 e. The molecule has 0 spiro atoms. The van der Waals surface area contributed by atoms with E-state index < -0.39 is 0 Å². The Balaban J connectivity index is 1.52. The average Bonchev–Trinajstić information content (AvgIpc) is 2.85. The van der Waals surface area contributed by atoms with Gasteiger partial charge in [0.2, 0.25) is 5.91 Å². The molecule has 1 fully saturated rings. The summed E-state index contributed by atoms with van der Waals surface area (Å²) in [5.41, 5.74) is 1.56. The molecule has 3 aromatic rings. The van der Waals surface area contributed by atoms with Crippen molar-refractivity contribution in [2.45, 2.75) is 32.3 Å². The number of pyridine rings is 1. The zero-order valence-corrected chi connectivity index (χ0v) is 19.6. The monoisotopic (exact) mass is 464 g/mol. The van der Waals surface area contributed by atoms with Gasteiger partial charge in [-0.1, -0.05) is 12.1 Å². The highest BCUT2D eigenvalue weighted by atomic mass is 16.5. The molecule has 2 aromatic carbocycles. The van der Waals surface area contributed by atoms with Gasteiger partial charge in [0, 0.05) is 50.5 Å². The first-order valence-electron chi connectivity index (χ1n) is 11.2. The fourth-order valence-corrected chi connectivity index (χ4v) is 3.98. The van der Waals surface area contributed by atoms with Crippen LogP contribution in [0.1, 0.15) is 25.3 Å². The minimum atomic E-state index is -0.289. The molecule has 8 nitrogen and oxygen atoms in total. The molecule has 0 N–H and O–H groups in total. The fourth-order valence-electron chi connectivity index (χ4n) is 3.98. The molecule has 4 rings (SSSR count). The number of methoxy groups -OCH3 is 2. The van der Waals surface area contributed by atoms with Crippen molar-refractivity contribution < 1.29 is 28.5 Å². The van der Waals surface area contributed by atoms with Crippen molar-refractivity contribution in [3.05, 3.63) is 54.2 Å². The Bertz CT molecular complexity index is 1170. The summed E-state index contributed by atoms with van der Waals surface area (Å²) in [4.78, 5) is 29.4. The number of aromatic nitrogens is 1. The van der Waals surface area contributed by atoms with E-state index in [-0.39, 0.29) is 24.4 Å². The predicted octanol–water partition coefficient (Wildman–Crippen LogP) is 4.14. The molecule has 1 amide bonds. The van der Waals surface area contributed by atoms with E-state index in [2.05, 4.69) is 4.98 Å². The van der Waals surface area contributed by atoms with Crippen molar-refractivity contribution in [3.63, 3.8) is 0 Å². The van der Waals surface area contributed by atoms with Crippen LogP contribution in [-0.4, -0.2) is 55.2 Å². The minimum Gasteiger partial charge on any atom is -0.493 e. The lowest BCUT2D eigenvalue weighted by molar-refractivity contribution is -0.139. The lowest BCUT2D eigenvalue weighted by atomic mass is 10.1. The lowest BCUT2D eigenvalue weighted by Crippen LogP contribution is -2.40. The standard InChI is InChI=1S/C26H28N2O6/c1-17(29)28-12-9-20(10-13-28)34-25-16-22-21(15-24(25)31-2)23(8-11-27-22)33-19-6-4-18(5-7-19)14-26(30)32-3/h4-8,11,15-16,20H,9-10,12-14H2,1-3H3. The van der Waals surface area contributed by atoms with Crippen molar-refractivity contribution >= 4 is 22.8 Å². The zero-order chi connectivity index (χ0) is 24.1. The number of hydrogen-bond acceptors (Lipinski definition) is 7. The van der Waals surface area contributed by atoms with Gasteiger partial charge in [-0.15, -0.1) is 0 Å². The number of fused-ring (bicyclic) bond motifs is 1. The SMILES string of the molecule is COC(=O)Cc1ccc(Oc2ccnc3cc(OC4CCN(C(C)=O)CC4)c(OC)cc23)cc1. The van der Waals surface area contributed by atoms with Crippen molar-refractivity contribution in [1.82, 2.24) is 9.88 Å². The van der Waals surface area contributed by atoms with E-state index in [0.717, 1.165) is 29.3 Å². The van der Waals surface area contributed by atoms with Gasteiger partial charge in [0.25, 0.3) is 0 Å². The van der Waals surface area contributed by atoms with Gasteiger partial charge in [-0.3, -0.25) is 14.6 Å².